The van der Waals surface area contributed by atoms with Crippen LogP contribution in [0.1, 0.15) is 61.0 Å². The molecule has 34 heavy (non-hydrogen) atoms. The Morgan fingerprint density at radius 3 is 1.50 bits per heavy atom. The third-order valence-corrected chi connectivity index (χ3v) is 8.74. The van der Waals surface area contributed by atoms with Crippen LogP contribution in [0.25, 0.3) is 0 Å². The highest BCUT2D eigenvalue weighted by atomic mass is 31.2. The molecule has 0 radical (unpaired) electrons. The van der Waals surface area contributed by atoms with Gasteiger partial charge in [0, 0.05) is 18.2 Å². The Morgan fingerprint density at radius 1 is 0.735 bits per heavy atom. The van der Waals surface area contributed by atoms with Crippen LogP contribution < -0.4 is 0 Å². The standard InChI is InChI=1S/C27H37O6P/c1-17-13-19(3)24(20(4)14-17)26(28)34(30,23(7)33-12-11-32-10-9-31-8)27(29)25-21(5)15-18(2)16-22(25)6/h13-16,23H,9-12H2,1-8H3. The molecule has 0 amide bonds. The van der Waals surface area contributed by atoms with Crippen LogP contribution >= 0.6 is 7.14 Å². The summed E-state index contributed by atoms with van der Waals surface area (Å²) in [4.78, 5) is 27.9. The minimum atomic E-state index is -4.22. The first-order valence-corrected chi connectivity index (χ1v) is 13.3. The van der Waals surface area contributed by atoms with Crippen molar-refractivity contribution in [3.05, 3.63) is 68.8 Å². The molecule has 0 heterocycles. The quantitative estimate of drug-likeness (QED) is 0.273. The number of carbonyl (C=O) groups is 2. The molecule has 0 spiro atoms. The number of aryl methyl sites for hydroxylation is 6. The average molecular weight is 489 g/mol. The highest BCUT2D eigenvalue weighted by Gasteiger charge is 2.48. The molecule has 0 bridgehead atoms. The first-order chi connectivity index (χ1) is 15.9. The van der Waals surface area contributed by atoms with Gasteiger partial charge in [0.1, 0.15) is 5.85 Å². The molecule has 0 saturated carbocycles. The van der Waals surface area contributed by atoms with Gasteiger partial charge in [-0.1, -0.05) is 35.4 Å². The predicted octanol–water partition coefficient (Wildman–Crippen LogP) is 5.91. The number of carbonyl (C=O) groups excluding carboxylic acids is 2. The third kappa shape index (κ3) is 6.11. The summed E-state index contributed by atoms with van der Waals surface area (Å²) < 4.78 is 30.8. The maximum absolute atomic E-state index is 14.6. The zero-order chi connectivity index (χ0) is 25.6. The van der Waals surface area contributed by atoms with Crippen LogP contribution in [0.4, 0.5) is 0 Å². The van der Waals surface area contributed by atoms with Gasteiger partial charge in [-0.2, -0.15) is 0 Å². The van der Waals surface area contributed by atoms with Crippen molar-refractivity contribution in [1.29, 1.82) is 0 Å². The van der Waals surface area contributed by atoms with Crippen molar-refractivity contribution < 1.29 is 28.4 Å². The Kier molecular flexibility index (Phi) is 9.96. The lowest BCUT2D eigenvalue weighted by Gasteiger charge is -2.26. The summed E-state index contributed by atoms with van der Waals surface area (Å²) in [6, 6.07) is 7.47. The van der Waals surface area contributed by atoms with E-state index < -0.39 is 24.0 Å². The summed E-state index contributed by atoms with van der Waals surface area (Å²) in [7, 11) is -2.63. The van der Waals surface area contributed by atoms with Gasteiger partial charge in [-0.3, -0.25) is 9.59 Å². The second-order valence-electron chi connectivity index (χ2n) is 8.89. The summed E-state index contributed by atoms with van der Waals surface area (Å²) in [5.41, 5.74) is 4.13. The second-order valence-corrected chi connectivity index (χ2v) is 11.7. The Balaban J connectivity index is 2.52. The van der Waals surface area contributed by atoms with Crippen LogP contribution in [0.2, 0.25) is 0 Å². The van der Waals surface area contributed by atoms with Gasteiger partial charge in [0.05, 0.1) is 26.4 Å². The van der Waals surface area contributed by atoms with Gasteiger partial charge in [0.25, 0.3) is 0 Å². The van der Waals surface area contributed by atoms with Crippen LogP contribution in [-0.4, -0.2) is 50.4 Å². The lowest BCUT2D eigenvalue weighted by molar-refractivity contribution is 0.0188. The lowest BCUT2D eigenvalue weighted by atomic mass is 10.0. The largest absolute Gasteiger partial charge is 0.382 e. The number of hydrogen-bond donors (Lipinski definition) is 0. The molecule has 7 heteroatoms. The molecule has 0 aliphatic carbocycles. The smallest absolute Gasteiger partial charge is 0.247 e. The van der Waals surface area contributed by atoms with E-state index in [1.165, 1.54) is 0 Å². The summed E-state index contributed by atoms with van der Waals surface area (Å²) in [5, 5.41) is 0. The summed E-state index contributed by atoms with van der Waals surface area (Å²) in [6.45, 7) is 13.8. The van der Waals surface area contributed by atoms with Gasteiger partial charge in [0.15, 0.2) is 0 Å². The Morgan fingerprint density at radius 2 is 1.12 bits per heavy atom. The highest BCUT2D eigenvalue weighted by molar-refractivity contribution is 7.95. The van der Waals surface area contributed by atoms with E-state index in [4.69, 9.17) is 14.2 Å². The van der Waals surface area contributed by atoms with Crippen molar-refractivity contribution in [3.63, 3.8) is 0 Å². The molecule has 1 unspecified atom stereocenters. The molecule has 2 aromatic carbocycles. The average Bonchev–Trinajstić information content (AvgIpc) is 2.73. The minimum Gasteiger partial charge on any atom is -0.382 e. The first-order valence-electron chi connectivity index (χ1n) is 11.5. The molecule has 2 rings (SSSR count). The van der Waals surface area contributed by atoms with E-state index in [9.17, 15) is 14.2 Å². The molecule has 1 atom stereocenters. The van der Waals surface area contributed by atoms with Gasteiger partial charge >= 0.3 is 0 Å². The molecule has 0 aromatic heterocycles. The van der Waals surface area contributed by atoms with Gasteiger partial charge in [-0.25, -0.2) is 0 Å². The number of hydrogen-bond acceptors (Lipinski definition) is 6. The van der Waals surface area contributed by atoms with Crippen molar-refractivity contribution >= 4 is 18.2 Å². The maximum Gasteiger partial charge on any atom is 0.247 e. The van der Waals surface area contributed by atoms with E-state index in [-0.39, 0.29) is 13.2 Å². The number of ether oxygens (including phenoxy) is 3. The van der Waals surface area contributed by atoms with E-state index in [1.54, 1.807) is 41.7 Å². The van der Waals surface area contributed by atoms with Crippen molar-refractivity contribution in [2.45, 2.75) is 54.3 Å². The fourth-order valence-corrected chi connectivity index (χ4v) is 6.95. The van der Waals surface area contributed by atoms with Crippen LogP contribution in [0.5, 0.6) is 0 Å². The zero-order valence-electron chi connectivity index (χ0n) is 21.6. The zero-order valence-corrected chi connectivity index (χ0v) is 22.5. The molecule has 0 N–H and O–H groups in total. The predicted molar refractivity (Wildman–Crippen MR) is 136 cm³/mol. The number of benzene rings is 2. The van der Waals surface area contributed by atoms with Crippen LogP contribution in [0, 0.1) is 41.5 Å². The number of rotatable bonds is 12. The molecule has 0 saturated heterocycles. The van der Waals surface area contributed by atoms with Crippen LogP contribution in [-0.2, 0) is 18.8 Å². The Bertz CT molecular complexity index is 985. The van der Waals surface area contributed by atoms with Gasteiger partial charge < -0.3 is 18.8 Å². The monoisotopic (exact) mass is 488 g/mol. The van der Waals surface area contributed by atoms with Crippen molar-refractivity contribution in [3.8, 4) is 0 Å². The summed E-state index contributed by atoms with van der Waals surface area (Å²) in [6.07, 6.45) is 0. The van der Waals surface area contributed by atoms with E-state index in [0.29, 0.717) is 46.6 Å². The topological polar surface area (TPSA) is 78.9 Å². The van der Waals surface area contributed by atoms with E-state index in [1.807, 2.05) is 38.1 Å². The van der Waals surface area contributed by atoms with Crippen molar-refractivity contribution in [1.82, 2.24) is 0 Å². The van der Waals surface area contributed by atoms with E-state index >= 15 is 0 Å². The molecular weight excluding hydrogens is 451 g/mol. The maximum atomic E-state index is 14.6. The van der Waals surface area contributed by atoms with Gasteiger partial charge in [0.2, 0.25) is 18.2 Å². The molecule has 0 aliphatic heterocycles. The molecule has 0 aliphatic rings. The molecule has 6 nitrogen and oxygen atoms in total. The normalized spacial score (nSPS) is 12.6. The van der Waals surface area contributed by atoms with Gasteiger partial charge in [-0.05, 0) is 70.7 Å². The third-order valence-electron chi connectivity index (χ3n) is 5.92. The number of methoxy groups -OCH3 is 1. The highest BCUT2D eigenvalue weighted by Crippen LogP contribution is 2.57. The Labute approximate surface area is 203 Å². The fourth-order valence-electron chi connectivity index (χ4n) is 4.42. The molecule has 0 fully saturated rings. The molecule has 186 valence electrons. The van der Waals surface area contributed by atoms with Crippen molar-refractivity contribution in [2.24, 2.45) is 0 Å². The molecule has 2 aromatic rings. The van der Waals surface area contributed by atoms with Gasteiger partial charge in [-0.15, -0.1) is 0 Å². The lowest BCUT2D eigenvalue weighted by Crippen LogP contribution is -2.25. The van der Waals surface area contributed by atoms with Crippen LogP contribution in [0.15, 0.2) is 24.3 Å². The first kappa shape index (κ1) is 28.1. The van der Waals surface area contributed by atoms with E-state index in [2.05, 4.69) is 0 Å². The van der Waals surface area contributed by atoms with E-state index in [0.717, 1.165) is 11.1 Å². The molecular formula is C27H37O6P. The van der Waals surface area contributed by atoms with Crippen molar-refractivity contribution in [2.75, 3.05) is 33.5 Å². The summed E-state index contributed by atoms with van der Waals surface area (Å²) >= 11 is 0. The fraction of sp³-hybridized carbons (Fsp3) is 0.481. The van der Waals surface area contributed by atoms with Crippen LogP contribution in [0.3, 0.4) is 0 Å². The summed E-state index contributed by atoms with van der Waals surface area (Å²) in [5.74, 6) is -1.10. The second kappa shape index (κ2) is 12.0. The Hall–Kier alpha value is -2.11. The minimum absolute atomic E-state index is 0.104. The SMILES string of the molecule is COCCOCCOC(C)P(=O)(C(=O)c1c(C)cc(C)cc1C)C(=O)c1c(C)cc(C)cc1C.